The Morgan fingerprint density at radius 3 is 2.35 bits per heavy atom. The molecule has 0 radical (unpaired) electrons. The van der Waals surface area contributed by atoms with Crippen LogP contribution in [0.5, 0.6) is 0 Å². The molecular formula is C17H27NOSi. The van der Waals surface area contributed by atoms with E-state index in [1.54, 1.807) is 0 Å². The quantitative estimate of drug-likeness (QED) is 0.622. The van der Waals surface area contributed by atoms with Crippen molar-refractivity contribution in [2.24, 2.45) is 0 Å². The number of nitrogens with one attached hydrogen (secondary N) is 1. The maximum absolute atomic E-state index is 9.59. The largest absolute Gasteiger partial charge is 0.394 e. The third kappa shape index (κ3) is 6.38. The molecule has 0 heterocycles. The van der Waals surface area contributed by atoms with E-state index in [0.29, 0.717) is 6.04 Å². The van der Waals surface area contributed by atoms with E-state index in [1.807, 2.05) is 30.3 Å². The van der Waals surface area contributed by atoms with Crippen LogP contribution < -0.4 is 5.32 Å². The zero-order chi connectivity index (χ0) is 15.0. The van der Waals surface area contributed by atoms with E-state index in [9.17, 15) is 5.11 Å². The number of aliphatic hydroxyl groups is 1. The Balaban J connectivity index is 2.64. The first-order valence-electron chi connectivity index (χ1n) is 7.38. The van der Waals surface area contributed by atoms with Gasteiger partial charge in [-0.05, 0) is 12.0 Å². The minimum absolute atomic E-state index is 0.00479. The Morgan fingerprint density at radius 2 is 1.85 bits per heavy atom. The van der Waals surface area contributed by atoms with Crippen molar-refractivity contribution < 1.29 is 5.11 Å². The number of hydrogen-bond acceptors (Lipinski definition) is 2. The number of benzene rings is 1. The summed E-state index contributed by atoms with van der Waals surface area (Å²) in [4.78, 5) is 0. The highest BCUT2D eigenvalue weighted by atomic mass is 28.3. The highest BCUT2D eigenvalue weighted by Gasteiger charge is 2.14. The van der Waals surface area contributed by atoms with Crippen molar-refractivity contribution in [3.63, 3.8) is 0 Å². The summed E-state index contributed by atoms with van der Waals surface area (Å²) in [7, 11) is -1.29. The van der Waals surface area contributed by atoms with E-state index in [-0.39, 0.29) is 12.6 Å². The Labute approximate surface area is 124 Å². The van der Waals surface area contributed by atoms with Gasteiger partial charge in [0.15, 0.2) is 0 Å². The fraction of sp³-hybridized carbons (Fsp3) is 0.529. The fourth-order valence-corrected chi connectivity index (χ4v) is 2.62. The lowest BCUT2D eigenvalue weighted by atomic mass is 10.0. The molecule has 2 N–H and O–H groups in total. The predicted octanol–water partition coefficient (Wildman–Crippen LogP) is 3.36. The van der Waals surface area contributed by atoms with Crippen LogP contribution in [0.3, 0.4) is 0 Å². The highest BCUT2D eigenvalue weighted by molar-refractivity contribution is 6.83. The van der Waals surface area contributed by atoms with E-state index in [0.717, 1.165) is 18.4 Å². The molecule has 0 amide bonds. The smallest absolute Gasteiger partial charge is 0.129 e. The molecule has 0 aliphatic rings. The average Bonchev–Trinajstić information content (AvgIpc) is 2.42. The molecular weight excluding hydrogens is 262 g/mol. The van der Waals surface area contributed by atoms with Gasteiger partial charge in [0.1, 0.15) is 8.07 Å². The van der Waals surface area contributed by atoms with Gasteiger partial charge < -0.3 is 10.4 Å². The van der Waals surface area contributed by atoms with Crippen molar-refractivity contribution in [1.29, 1.82) is 0 Å². The monoisotopic (exact) mass is 289 g/mol. The van der Waals surface area contributed by atoms with E-state index in [1.165, 1.54) is 0 Å². The normalized spacial score (nSPS) is 14.2. The van der Waals surface area contributed by atoms with Gasteiger partial charge in [0.05, 0.1) is 12.6 Å². The van der Waals surface area contributed by atoms with Gasteiger partial charge in [-0.15, -0.1) is 11.5 Å². The molecule has 1 aromatic rings. The van der Waals surface area contributed by atoms with Gasteiger partial charge in [-0.3, -0.25) is 0 Å². The summed E-state index contributed by atoms with van der Waals surface area (Å²) in [5.74, 6) is 3.32. The van der Waals surface area contributed by atoms with E-state index >= 15 is 0 Å². The molecule has 0 aromatic heterocycles. The van der Waals surface area contributed by atoms with Crippen molar-refractivity contribution in [2.45, 2.75) is 51.5 Å². The predicted molar refractivity (Wildman–Crippen MR) is 89.2 cm³/mol. The van der Waals surface area contributed by atoms with Crippen LogP contribution in [-0.4, -0.2) is 25.8 Å². The maximum Gasteiger partial charge on any atom is 0.129 e. The van der Waals surface area contributed by atoms with E-state index in [2.05, 4.69) is 43.3 Å². The minimum Gasteiger partial charge on any atom is -0.394 e. The van der Waals surface area contributed by atoms with Gasteiger partial charge in [-0.25, -0.2) is 0 Å². The molecule has 110 valence electrons. The number of rotatable bonds is 6. The van der Waals surface area contributed by atoms with Crippen LogP contribution in [0.1, 0.15) is 31.4 Å². The molecule has 2 nitrogen and oxygen atoms in total. The van der Waals surface area contributed by atoms with Gasteiger partial charge in [0.25, 0.3) is 0 Å². The molecule has 0 saturated carbocycles. The molecule has 1 aromatic carbocycles. The molecule has 2 atom stereocenters. The van der Waals surface area contributed by atoms with Gasteiger partial charge in [0, 0.05) is 12.5 Å². The zero-order valence-electron chi connectivity index (χ0n) is 13.1. The second kappa shape index (κ2) is 8.26. The Kier molecular flexibility index (Phi) is 7.01. The van der Waals surface area contributed by atoms with Gasteiger partial charge >= 0.3 is 0 Å². The first kappa shape index (κ1) is 17.0. The molecule has 1 rings (SSSR count). The van der Waals surface area contributed by atoms with E-state index in [4.69, 9.17) is 0 Å². The van der Waals surface area contributed by atoms with Crippen molar-refractivity contribution >= 4 is 8.07 Å². The summed E-state index contributed by atoms with van der Waals surface area (Å²) in [5.41, 5.74) is 4.54. The minimum atomic E-state index is -1.29. The maximum atomic E-state index is 9.59. The van der Waals surface area contributed by atoms with Crippen LogP contribution >= 0.6 is 0 Å². The molecule has 20 heavy (non-hydrogen) atoms. The molecule has 3 heteroatoms. The molecule has 0 fully saturated rings. The summed E-state index contributed by atoms with van der Waals surface area (Å²) in [6.45, 7) is 9.05. The highest BCUT2D eigenvalue weighted by Crippen LogP contribution is 2.14. The Bertz CT molecular complexity index is 442. The number of aliphatic hydroxyl groups excluding tert-OH is 1. The molecule has 0 aliphatic heterocycles. The second-order valence-electron chi connectivity index (χ2n) is 6.17. The molecule has 0 unspecified atom stereocenters. The van der Waals surface area contributed by atoms with Crippen LogP contribution in [-0.2, 0) is 0 Å². The lowest BCUT2D eigenvalue weighted by molar-refractivity contribution is 0.232. The third-order valence-corrected chi connectivity index (χ3v) is 4.05. The van der Waals surface area contributed by atoms with Crippen LogP contribution in [0, 0.1) is 11.5 Å². The summed E-state index contributed by atoms with van der Waals surface area (Å²) in [6.07, 6.45) is 1.87. The van der Waals surface area contributed by atoms with Crippen molar-refractivity contribution in [3.05, 3.63) is 35.9 Å². The Hall–Kier alpha value is -1.08. The van der Waals surface area contributed by atoms with Crippen molar-refractivity contribution in [2.75, 3.05) is 6.61 Å². The zero-order valence-corrected chi connectivity index (χ0v) is 14.1. The summed E-state index contributed by atoms with van der Waals surface area (Å²) >= 11 is 0. The van der Waals surface area contributed by atoms with Gasteiger partial charge in [0.2, 0.25) is 0 Å². The van der Waals surface area contributed by atoms with E-state index < -0.39 is 8.07 Å². The summed E-state index contributed by atoms with van der Waals surface area (Å²) in [5, 5.41) is 13.1. The fourth-order valence-electron chi connectivity index (χ4n) is 1.98. The SMILES string of the molecule is CC[C@@H](CC#C[Si](C)(C)C)N[C@@H](CO)c1ccccc1. The Morgan fingerprint density at radius 1 is 1.20 bits per heavy atom. The first-order valence-corrected chi connectivity index (χ1v) is 10.9. The molecule has 0 spiro atoms. The summed E-state index contributed by atoms with van der Waals surface area (Å²) in [6, 6.07) is 10.4. The molecule has 0 bridgehead atoms. The van der Waals surface area contributed by atoms with Gasteiger partial charge in [-0.1, -0.05) is 56.9 Å². The standard InChI is InChI=1S/C17H27NOSi/c1-5-16(12-9-13-20(2,3)4)18-17(14-19)15-10-7-6-8-11-15/h6-8,10-11,16-19H,5,12,14H2,1-4H3/t16-,17-/m0/s1. The van der Waals surface area contributed by atoms with Crippen LogP contribution in [0.15, 0.2) is 30.3 Å². The molecule has 0 saturated heterocycles. The van der Waals surface area contributed by atoms with Crippen molar-refractivity contribution in [3.8, 4) is 11.5 Å². The third-order valence-electron chi connectivity index (χ3n) is 3.13. The van der Waals surface area contributed by atoms with Gasteiger partial charge in [-0.2, -0.15) is 0 Å². The number of hydrogen-bond donors (Lipinski definition) is 2. The first-order chi connectivity index (χ1) is 9.46. The van der Waals surface area contributed by atoms with Crippen LogP contribution in [0.25, 0.3) is 0 Å². The second-order valence-corrected chi connectivity index (χ2v) is 10.9. The lowest BCUT2D eigenvalue weighted by Gasteiger charge is -2.22. The lowest BCUT2D eigenvalue weighted by Crippen LogP contribution is -2.34. The molecule has 0 aliphatic carbocycles. The van der Waals surface area contributed by atoms with Crippen LogP contribution in [0.4, 0.5) is 0 Å². The topological polar surface area (TPSA) is 32.3 Å². The summed E-state index contributed by atoms with van der Waals surface area (Å²) < 4.78 is 0. The van der Waals surface area contributed by atoms with Crippen LogP contribution in [0.2, 0.25) is 19.6 Å². The van der Waals surface area contributed by atoms with Crippen molar-refractivity contribution in [1.82, 2.24) is 5.32 Å². The average molecular weight is 289 g/mol.